The van der Waals surface area contributed by atoms with E-state index < -0.39 is 26.5 Å². The van der Waals surface area contributed by atoms with Crippen LogP contribution in [-0.2, 0) is 32.7 Å². The molecule has 308 valence electrons. The van der Waals surface area contributed by atoms with Gasteiger partial charge in [0.15, 0.2) is 6.10 Å². The number of phosphoric acid groups is 1. The van der Waals surface area contributed by atoms with Crippen LogP contribution in [0.5, 0.6) is 0 Å². The number of hydrogen-bond donors (Lipinski definition) is 1. The summed E-state index contributed by atoms with van der Waals surface area (Å²) in [5.41, 5.74) is 0. The van der Waals surface area contributed by atoms with E-state index in [-0.39, 0.29) is 25.4 Å². The zero-order valence-electron chi connectivity index (χ0n) is 34.2. The number of esters is 2. The van der Waals surface area contributed by atoms with Crippen LogP contribution < -0.4 is 0 Å². The fourth-order valence-electron chi connectivity index (χ4n) is 5.83. The van der Waals surface area contributed by atoms with E-state index in [1.807, 2.05) is 0 Å². The summed E-state index contributed by atoms with van der Waals surface area (Å²) in [5, 5.41) is 0. The molecule has 0 saturated heterocycles. The molecule has 0 heterocycles. The Kier molecular flexibility index (Phi) is 38.2. The molecule has 0 aliphatic rings. The van der Waals surface area contributed by atoms with E-state index in [1.54, 1.807) is 0 Å². The number of allylic oxidation sites excluding steroid dienone is 8. The molecule has 0 radical (unpaired) electrons. The van der Waals surface area contributed by atoms with Crippen LogP contribution in [0, 0.1) is 0 Å². The average molecular weight is 767 g/mol. The van der Waals surface area contributed by atoms with Gasteiger partial charge in [0.05, 0.1) is 6.61 Å². The fraction of sp³-hybridized carbons (Fsp3) is 0.773. The number of ether oxygens (including phenoxy) is 2. The van der Waals surface area contributed by atoms with Crippen LogP contribution in [0.3, 0.4) is 0 Å². The van der Waals surface area contributed by atoms with Crippen molar-refractivity contribution in [3.8, 4) is 0 Å². The Balaban J connectivity index is 4.03. The van der Waals surface area contributed by atoms with E-state index in [4.69, 9.17) is 14.0 Å². The van der Waals surface area contributed by atoms with Crippen LogP contribution in [0.15, 0.2) is 48.6 Å². The lowest BCUT2D eigenvalue weighted by Crippen LogP contribution is -2.29. The first-order chi connectivity index (χ1) is 25.8. The van der Waals surface area contributed by atoms with E-state index >= 15 is 0 Å². The molecule has 2 atom stereocenters. The van der Waals surface area contributed by atoms with Crippen molar-refractivity contribution >= 4 is 19.8 Å². The lowest BCUT2D eigenvalue weighted by molar-refractivity contribution is -0.161. The largest absolute Gasteiger partial charge is 0.472 e. The maximum atomic E-state index is 12.5. The summed E-state index contributed by atoms with van der Waals surface area (Å²) in [6, 6.07) is 0. The molecule has 0 amide bonds. The van der Waals surface area contributed by atoms with E-state index in [0.717, 1.165) is 77.7 Å². The maximum Gasteiger partial charge on any atom is 0.472 e. The number of rotatable bonds is 39. The molecule has 0 aromatic heterocycles. The predicted molar refractivity (Wildman–Crippen MR) is 221 cm³/mol. The van der Waals surface area contributed by atoms with Crippen LogP contribution in [0.1, 0.15) is 194 Å². The predicted octanol–water partition coefficient (Wildman–Crippen LogP) is 13.4. The van der Waals surface area contributed by atoms with Gasteiger partial charge in [-0.2, -0.15) is 0 Å². The molecule has 9 heteroatoms. The topological polar surface area (TPSA) is 108 Å². The zero-order chi connectivity index (χ0) is 38.9. The minimum absolute atomic E-state index is 0.217. The highest BCUT2D eigenvalue weighted by atomic mass is 31.2. The summed E-state index contributed by atoms with van der Waals surface area (Å²) < 4.78 is 32.0. The molecule has 0 aliphatic carbocycles. The number of unbranched alkanes of at least 4 members (excludes halogenated alkanes) is 20. The SMILES string of the molecule is CC/C=C\C/C=C\C/C=C\C/C=C\CCCCCCC(=O)OC(COC(=O)CCCCCCCCCCCCCCCCCCC)COP(=O)(O)OC. The summed E-state index contributed by atoms with van der Waals surface area (Å²) in [7, 11) is -3.21. The third-order valence-corrected chi connectivity index (χ3v) is 10.0. The lowest BCUT2D eigenvalue weighted by atomic mass is 10.0. The molecule has 0 aromatic carbocycles. The molecule has 2 unspecified atom stereocenters. The van der Waals surface area contributed by atoms with Gasteiger partial charge in [0, 0.05) is 20.0 Å². The quantitative estimate of drug-likeness (QED) is 0.0285. The zero-order valence-corrected chi connectivity index (χ0v) is 35.1. The summed E-state index contributed by atoms with van der Waals surface area (Å²) >= 11 is 0. The van der Waals surface area contributed by atoms with Crippen LogP contribution in [0.25, 0.3) is 0 Å². The Morgan fingerprint density at radius 2 is 0.962 bits per heavy atom. The molecule has 0 aliphatic heterocycles. The van der Waals surface area contributed by atoms with Gasteiger partial charge in [0.2, 0.25) is 0 Å². The first-order valence-corrected chi connectivity index (χ1v) is 22.8. The second kappa shape index (κ2) is 39.7. The van der Waals surface area contributed by atoms with Gasteiger partial charge in [-0.1, -0.05) is 178 Å². The second-order valence-corrected chi connectivity index (χ2v) is 15.7. The van der Waals surface area contributed by atoms with E-state index in [1.165, 1.54) is 89.9 Å². The summed E-state index contributed by atoms with van der Waals surface area (Å²) in [5.74, 6) is -0.828. The second-order valence-electron chi connectivity index (χ2n) is 14.1. The van der Waals surface area contributed by atoms with Crippen molar-refractivity contribution in [2.45, 2.75) is 200 Å². The van der Waals surface area contributed by atoms with Gasteiger partial charge in [-0.25, -0.2) is 4.57 Å². The normalized spacial score (nSPS) is 13.8. The van der Waals surface area contributed by atoms with Crippen LogP contribution in [0.4, 0.5) is 0 Å². The lowest BCUT2D eigenvalue weighted by Gasteiger charge is -2.19. The summed E-state index contributed by atoms with van der Waals surface area (Å²) in [6.45, 7) is 3.76. The number of hydrogen-bond acceptors (Lipinski definition) is 7. The fourth-order valence-corrected chi connectivity index (χ4v) is 6.29. The van der Waals surface area contributed by atoms with Gasteiger partial charge in [0.25, 0.3) is 0 Å². The van der Waals surface area contributed by atoms with Gasteiger partial charge in [0.1, 0.15) is 6.61 Å². The van der Waals surface area contributed by atoms with Crippen LogP contribution in [-0.4, -0.2) is 43.3 Å². The molecular formula is C44H79O8P. The van der Waals surface area contributed by atoms with Crippen LogP contribution in [0.2, 0.25) is 0 Å². The highest BCUT2D eigenvalue weighted by Crippen LogP contribution is 2.42. The van der Waals surface area contributed by atoms with Gasteiger partial charge in [-0.05, 0) is 51.4 Å². The highest BCUT2D eigenvalue weighted by Gasteiger charge is 2.24. The molecule has 53 heavy (non-hydrogen) atoms. The first kappa shape index (κ1) is 51.0. The van der Waals surface area contributed by atoms with E-state index in [0.29, 0.717) is 6.42 Å². The Labute approximate surface area is 325 Å². The molecule has 0 aromatic rings. The molecule has 1 N–H and O–H groups in total. The first-order valence-electron chi connectivity index (χ1n) is 21.3. The van der Waals surface area contributed by atoms with Crippen LogP contribution >= 0.6 is 7.82 Å². The minimum atomic E-state index is -4.27. The molecule has 0 saturated carbocycles. The van der Waals surface area contributed by atoms with Gasteiger partial charge in [-0.3, -0.25) is 18.6 Å². The molecule has 0 rings (SSSR count). The Morgan fingerprint density at radius 3 is 1.43 bits per heavy atom. The molecule has 0 spiro atoms. The Morgan fingerprint density at radius 1 is 0.547 bits per heavy atom. The van der Waals surface area contributed by atoms with Crippen molar-refractivity contribution in [3.63, 3.8) is 0 Å². The Hall–Kier alpha value is -1.99. The minimum Gasteiger partial charge on any atom is -0.462 e. The van der Waals surface area contributed by atoms with Crippen molar-refractivity contribution in [2.75, 3.05) is 20.3 Å². The monoisotopic (exact) mass is 767 g/mol. The van der Waals surface area contributed by atoms with Gasteiger partial charge >= 0.3 is 19.8 Å². The van der Waals surface area contributed by atoms with Gasteiger partial charge < -0.3 is 14.4 Å². The van der Waals surface area contributed by atoms with Crippen molar-refractivity contribution in [1.29, 1.82) is 0 Å². The molecular weight excluding hydrogens is 687 g/mol. The molecule has 8 nitrogen and oxygen atoms in total. The maximum absolute atomic E-state index is 12.5. The van der Waals surface area contributed by atoms with Crippen molar-refractivity contribution in [3.05, 3.63) is 48.6 Å². The van der Waals surface area contributed by atoms with Crippen molar-refractivity contribution in [2.24, 2.45) is 0 Å². The van der Waals surface area contributed by atoms with Gasteiger partial charge in [-0.15, -0.1) is 0 Å². The van der Waals surface area contributed by atoms with E-state index in [2.05, 4.69) is 67.0 Å². The smallest absolute Gasteiger partial charge is 0.462 e. The van der Waals surface area contributed by atoms with Crippen molar-refractivity contribution < 1.29 is 37.6 Å². The summed E-state index contributed by atoms with van der Waals surface area (Å²) in [4.78, 5) is 34.5. The number of phosphoric ester groups is 1. The van der Waals surface area contributed by atoms with Crippen molar-refractivity contribution in [1.82, 2.24) is 0 Å². The van der Waals surface area contributed by atoms with E-state index in [9.17, 15) is 19.0 Å². The number of carbonyl (C=O) groups excluding carboxylic acids is 2. The summed E-state index contributed by atoms with van der Waals surface area (Å²) in [6.07, 6.45) is 47.3. The third-order valence-electron chi connectivity index (χ3n) is 9.09. The standard InChI is InChI=1S/C44H79O8P/c1-4-6-8-10-12-14-16-18-20-22-24-26-28-30-32-34-36-38-43(45)50-40-42(41-51-53(47,48)49-3)52-44(46)39-37-35-33-31-29-27-25-23-21-19-17-15-13-11-9-7-5-2/h7,9,13,15,19,21,25,27,42H,4-6,8,10-12,14,16-18,20,22-24,26,28-41H2,1-3H3,(H,47,48)/b9-7-,15-13-,21-19-,27-25-. The molecule has 0 bridgehead atoms. The average Bonchev–Trinajstić information content (AvgIpc) is 3.15. The third kappa shape index (κ3) is 39.5. The number of carbonyl (C=O) groups is 2. The molecule has 0 fully saturated rings. The highest BCUT2D eigenvalue weighted by molar-refractivity contribution is 7.47. The Bertz CT molecular complexity index is 1010.